The van der Waals surface area contributed by atoms with Crippen LogP contribution in [0.1, 0.15) is 20.8 Å². The van der Waals surface area contributed by atoms with Crippen molar-refractivity contribution in [3.05, 3.63) is 12.4 Å². The van der Waals surface area contributed by atoms with Gasteiger partial charge in [-0.1, -0.05) is 6.92 Å². The van der Waals surface area contributed by atoms with E-state index < -0.39 is 0 Å². The van der Waals surface area contributed by atoms with Crippen LogP contribution in [-0.4, -0.2) is 108 Å². The van der Waals surface area contributed by atoms with Gasteiger partial charge in [0.2, 0.25) is 5.91 Å². The second-order valence-corrected chi connectivity index (χ2v) is 7.85. The molecule has 1 atom stereocenters. The smallest absolute Gasteiger partial charge is 0.246 e. The first kappa shape index (κ1) is 21.6. The maximum atomic E-state index is 12.7. The van der Waals surface area contributed by atoms with Crippen molar-refractivity contribution < 1.29 is 4.79 Å². The maximum Gasteiger partial charge on any atom is 0.246 e. The molecule has 0 radical (unpaired) electrons. The van der Waals surface area contributed by atoms with Crippen LogP contribution in [0.25, 0.3) is 0 Å². The fourth-order valence-corrected chi connectivity index (χ4v) is 3.95. The minimum atomic E-state index is 0.0820. The number of nitrogens with one attached hydrogen (secondary N) is 1. The number of hydrogen-bond donors (Lipinski definition) is 1. The van der Waals surface area contributed by atoms with Crippen LogP contribution in [0.3, 0.4) is 0 Å². The molecule has 2 saturated heterocycles. The highest BCUT2D eigenvalue weighted by molar-refractivity contribution is 5.98. The second-order valence-electron chi connectivity index (χ2n) is 7.85. The Morgan fingerprint density at radius 1 is 1.21 bits per heavy atom. The lowest BCUT2D eigenvalue weighted by Crippen LogP contribution is -2.55. The SMILES string of the molecule is CCNC(=NCC(C)N1CCN(CC)CC1)N1CCN(c2cnn(C)c2)C(=O)C1. The number of carbonyl (C=O) groups is 1. The fraction of sp³-hybridized carbons (Fsp3) is 0.750. The zero-order chi connectivity index (χ0) is 20.8. The molecule has 1 aromatic rings. The third kappa shape index (κ3) is 5.48. The van der Waals surface area contributed by atoms with Gasteiger partial charge in [-0.05, 0) is 20.4 Å². The summed E-state index contributed by atoms with van der Waals surface area (Å²) in [5.74, 6) is 0.921. The van der Waals surface area contributed by atoms with Gasteiger partial charge in [-0.25, -0.2) is 0 Å². The summed E-state index contributed by atoms with van der Waals surface area (Å²) in [4.78, 5) is 26.5. The summed E-state index contributed by atoms with van der Waals surface area (Å²) in [6.07, 6.45) is 3.62. The summed E-state index contributed by atoms with van der Waals surface area (Å²) in [5, 5.41) is 7.55. The average Bonchev–Trinajstić information content (AvgIpc) is 3.16. The Labute approximate surface area is 174 Å². The van der Waals surface area contributed by atoms with E-state index in [-0.39, 0.29) is 5.91 Å². The van der Waals surface area contributed by atoms with E-state index in [1.807, 2.05) is 18.1 Å². The molecular weight excluding hydrogens is 368 g/mol. The molecule has 0 spiro atoms. The van der Waals surface area contributed by atoms with E-state index in [1.165, 1.54) is 0 Å². The van der Waals surface area contributed by atoms with Crippen LogP contribution < -0.4 is 10.2 Å². The Bertz CT molecular complexity index is 694. The van der Waals surface area contributed by atoms with E-state index in [9.17, 15) is 4.79 Å². The van der Waals surface area contributed by atoms with Crippen LogP contribution in [-0.2, 0) is 11.8 Å². The lowest BCUT2D eigenvalue weighted by Gasteiger charge is -2.38. The summed E-state index contributed by atoms with van der Waals surface area (Å²) >= 11 is 0. The monoisotopic (exact) mass is 404 g/mol. The number of nitrogens with zero attached hydrogens (tertiary/aromatic N) is 7. The van der Waals surface area contributed by atoms with Crippen molar-refractivity contribution in [2.45, 2.75) is 26.8 Å². The van der Waals surface area contributed by atoms with Gasteiger partial charge in [0.1, 0.15) is 6.54 Å². The van der Waals surface area contributed by atoms with Crippen molar-refractivity contribution >= 4 is 17.6 Å². The Kier molecular flexibility index (Phi) is 7.49. The highest BCUT2D eigenvalue weighted by atomic mass is 16.2. The number of likely N-dealkylation sites (N-methyl/N-ethyl adjacent to an activating group) is 1. The standard InChI is InChI=1S/C20H36N8O/c1-5-21-20(22-13-17(3)26-9-7-25(6-2)8-10-26)27-11-12-28(19(29)16-27)18-14-23-24(4)15-18/h14-15,17H,5-13,16H2,1-4H3,(H,21,22). The topological polar surface area (TPSA) is 72.2 Å². The number of aliphatic imine (C=N–C) groups is 1. The summed E-state index contributed by atoms with van der Waals surface area (Å²) in [6, 6.07) is 0.398. The van der Waals surface area contributed by atoms with Crippen LogP contribution >= 0.6 is 0 Å². The molecule has 1 aromatic heterocycles. The van der Waals surface area contributed by atoms with Crippen molar-refractivity contribution in [3.63, 3.8) is 0 Å². The number of rotatable bonds is 6. The molecule has 1 N–H and O–H groups in total. The summed E-state index contributed by atoms with van der Waals surface area (Å²) < 4.78 is 1.72. The highest BCUT2D eigenvalue weighted by Gasteiger charge is 2.28. The van der Waals surface area contributed by atoms with Crippen LogP contribution in [0.15, 0.2) is 17.4 Å². The van der Waals surface area contributed by atoms with Crippen molar-refractivity contribution in [1.29, 1.82) is 0 Å². The Morgan fingerprint density at radius 2 is 1.97 bits per heavy atom. The summed E-state index contributed by atoms with van der Waals surface area (Å²) in [7, 11) is 1.86. The molecule has 3 rings (SSSR count). The van der Waals surface area contributed by atoms with Gasteiger partial charge in [0.05, 0.1) is 18.4 Å². The van der Waals surface area contributed by atoms with E-state index in [0.717, 1.165) is 64.0 Å². The third-order valence-corrected chi connectivity index (χ3v) is 5.84. The first-order valence-electron chi connectivity index (χ1n) is 10.8. The number of hydrogen-bond acceptors (Lipinski definition) is 5. The van der Waals surface area contributed by atoms with Gasteiger partial charge in [-0.3, -0.25) is 19.4 Å². The van der Waals surface area contributed by atoms with Gasteiger partial charge in [0, 0.05) is 65.1 Å². The Balaban J connectivity index is 1.57. The lowest BCUT2D eigenvalue weighted by atomic mass is 10.2. The quantitative estimate of drug-likeness (QED) is 0.534. The lowest BCUT2D eigenvalue weighted by molar-refractivity contribution is -0.120. The number of anilines is 1. The molecule has 2 aliphatic rings. The zero-order valence-corrected chi connectivity index (χ0v) is 18.3. The number of carbonyl (C=O) groups excluding carboxylic acids is 1. The van der Waals surface area contributed by atoms with Crippen LogP contribution in [0.4, 0.5) is 5.69 Å². The minimum Gasteiger partial charge on any atom is -0.357 e. The maximum absolute atomic E-state index is 12.7. The predicted molar refractivity (Wildman–Crippen MR) is 116 cm³/mol. The number of amides is 1. The molecule has 0 aliphatic carbocycles. The highest BCUT2D eigenvalue weighted by Crippen LogP contribution is 2.16. The van der Waals surface area contributed by atoms with Crippen molar-refractivity contribution in [3.8, 4) is 0 Å². The third-order valence-electron chi connectivity index (χ3n) is 5.84. The molecular formula is C20H36N8O. The minimum absolute atomic E-state index is 0.0820. The molecule has 1 unspecified atom stereocenters. The molecule has 1 amide bonds. The van der Waals surface area contributed by atoms with Crippen LogP contribution in [0.5, 0.6) is 0 Å². The van der Waals surface area contributed by atoms with E-state index in [1.54, 1.807) is 10.9 Å². The number of guanidine groups is 1. The molecule has 9 nitrogen and oxygen atoms in total. The summed E-state index contributed by atoms with van der Waals surface area (Å²) in [6.45, 7) is 15.4. The molecule has 2 fully saturated rings. The van der Waals surface area contributed by atoms with Crippen molar-refractivity contribution in [2.75, 3.05) is 70.3 Å². The van der Waals surface area contributed by atoms with Crippen LogP contribution in [0.2, 0.25) is 0 Å². The average molecular weight is 405 g/mol. The Morgan fingerprint density at radius 3 is 2.55 bits per heavy atom. The van der Waals surface area contributed by atoms with Gasteiger partial charge < -0.3 is 20.0 Å². The van der Waals surface area contributed by atoms with Crippen molar-refractivity contribution in [1.82, 2.24) is 29.8 Å². The molecule has 162 valence electrons. The zero-order valence-electron chi connectivity index (χ0n) is 18.3. The predicted octanol–water partition coefficient (Wildman–Crippen LogP) is 0.0602. The number of aromatic nitrogens is 2. The fourth-order valence-electron chi connectivity index (χ4n) is 3.95. The van der Waals surface area contributed by atoms with E-state index >= 15 is 0 Å². The van der Waals surface area contributed by atoms with Gasteiger partial charge in [-0.15, -0.1) is 0 Å². The van der Waals surface area contributed by atoms with Crippen LogP contribution in [0, 0.1) is 0 Å². The van der Waals surface area contributed by atoms with Gasteiger partial charge >= 0.3 is 0 Å². The van der Waals surface area contributed by atoms with E-state index in [2.05, 4.69) is 45.9 Å². The molecule has 29 heavy (non-hydrogen) atoms. The molecule has 0 saturated carbocycles. The first-order chi connectivity index (χ1) is 14.0. The number of piperazine rings is 2. The first-order valence-corrected chi connectivity index (χ1v) is 10.8. The van der Waals surface area contributed by atoms with E-state index in [4.69, 9.17) is 4.99 Å². The van der Waals surface area contributed by atoms with Gasteiger partial charge in [-0.2, -0.15) is 5.10 Å². The van der Waals surface area contributed by atoms with Gasteiger partial charge in [0.15, 0.2) is 5.96 Å². The number of aryl methyl sites for hydroxylation is 1. The van der Waals surface area contributed by atoms with Gasteiger partial charge in [0.25, 0.3) is 0 Å². The molecule has 2 aliphatic heterocycles. The largest absolute Gasteiger partial charge is 0.357 e. The molecule has 0 bridgehead atoms. The Hall–Kier alpha value is -2.13. The molecule has 9 heteroatoms. The van der Waals surface area contributed by atoms with E-state index in [0.29, 0.717) is 19.1 Å². The van der Waals surface area contributed by atoms with Crippen molar-refractivity contribution in [2.24, 2.45) is 12.0 Å². The molecule has 0 aromatic carbocycles. The second kappa shape index (κ2) is 10.1. The summed E-state index contributed by atoms with van der Waals surface area (Å²) in [5.41, 5.74) is 0.860. The normalized spacial score (nSPS) is 21.0. The molecule has 3 heterocycles.